The highest BCUT2D eigenvalue weighted by atomic mass is 16.3. The van der Waals surface area contributed by atoms with Crippen molar-refractivity contribution in [1.29, 1.82) is 0 Å². The maximum Gasteiger partial charge on any atom is 0.107 e. The van der Waals surface area contributed by atoms with E-state index >= 15 is 0 Å². The van der Waals surface area contributed by atoms with E-state index in [1.165, 1.54) is 0 Å². The number of nitrogens with two attached hydrogens (primary N) is 1. The van der Waals surface area contributed by atoms with Crippen LogP contribution < -0.4 is 16.8 Å². The van der Waals surface area contributed by atoms with Gasteiger partial charge in [-0.1, -0.05) is 0 Å². The Kier molecular flexibility index (Phi) is 3.72. The molecule has 4 nitrogen and oxygen atoms in total. The summed E-state index contributed by atoms with van der Waals surface area (Å²) in [5.41, 5.74) is 4.21. The maximum atomic E-state index is 7.81. The Balaban J connectivity index is 2.19. The van der Waals surface area contributed by atoms with E-state index in [2.05, 4.69) is 11.3 Å². The van der Waals surface area contributed by atoms with Crippen molar-refractivity contribution in [3.63, 3.8) is 0 Å². The Hall–Kier alpha value is -0.160. The third-order valence-electron chi connectivity index (χ3n) is 0.181. The average molecular weight is 77.1 g/mol. The van der Waals surface area contributed by atoms with Crippen LogP contribution in [0.1, 0.15) is 0 Å². The first-order valence-electron chi connectivity index (χ1n) is 1.21. The molecule has 0 aliphatic rings. The molecule has 5 N–H and O–H groups in total. The minimum Gasteiger partial charge on any atom is -0.380 e. The number of nitrogens with one attached hydrogen (secondary N) is 2. The van der Waals surface area contributed by atoms with Crippen LogP contribution in [0.3, 0.4) is 0 Å². The molecule has 0 rings (SSSR count). The lowest BCUT2D eigenvalue weighted by Gasteiger charge is -1.89. The van der Waals surface area contributed by atoms with Crippen LogP contribution in [0.25, 0.3) is 0 Å². The number of hydrogen-bond acceptors (Lipinski definition) is 4. The van der Waals surface area contributed by atoms with Crippen molar-refractivity contribution in [2.45, 2.75) is 0 Å². The van der Waals surface area contributed by atoms with Gasteiger partial charge in [0.05, 0.1) is 0 Å². The Bertz CT molecular complexity index is 14.4. The Labute approximate surface area is 29.9 Å². The molecule has 4 heteroatoms. The lowest BCUT2D eigenvalue weighted by Crippen LogP contribution is -2.38. The number of aliphatic hydroxyl groups excluding tert-OH is 1. The van der Waals surface area contributed by atoms with Gasteiger partial charge in [-0.15, -0.1) is 0 Å². The highest BCUT2D eigenvalue weighted by molar-refractivity contribution is 4.02. The predicted molar refractivity (Wildman–Crippen MR) is 17.5 cm³/mol. The van der Waals surface area contributed by atoms with Gasteiger partial charge in [0, 0.05) is 0 Å². The van der Waals surface area contributed by atoms with Crippen molar-refractivity contribution in [3.05, 3.63) is 0 Å². The molecule has 0 bridgehead atoms. The quantitative estimate of drug-likeness (QED) is 0.173. The molecule has 0 fully saturated rings. The zero-order valence-corrected chi connectivity index (χ0v) is 2.73. The Morgan fingerprint density at radius 2 is 2.40 bits per heavy atom. The second-order valence-corrected chi connectivity index (χ2v) is 0.479. The van der Waals surface area contributed by atoms with Gasteiger partial charge in [-0.3, -0.25) is 5.84 Å². The topological polar surface area (TPSA) is 70.3 Å². The maximum absolute atomic E-state index is 7.81. The van der Waals surface area contributed by atoms with Crippen LogP contribution in [0, 0.1) is 0 Å². The van der Waals surface area contributed by atoms with E-state index in [9.17, 15) is 0 Å². The molecule has 0 radical (unpaired) electrons. The van der Waals surface area contributed by atoms with E-state index < -0.39 is 0 Å². The van der Waals surface area contributed by atoms with Crippen molar-refractivity contribution >= 4 is 0 Å². The fraction of sp³-hybridized carbons (Fsp3) is 1.00. The van der Waals surface area contributed by atoms with Crippen LogP contribution in [0.5, 0.6) is 0 Å². The first-order chi connectivity index (χ1) is 2.41. The Morgan fingerprint density at radius 1 is 1.80 bits per heavy atom. The number of hydrogen-bond donors (Lipinski definition) is 4. The van der Waals surface area contributed by atoms with Gasteiger partial charge in [0.1, 0.15) is 6.73 Å². The standard InChI is InChI=1S/CH7N3O/c2-4-3-1-5/h3-5H,1-2H2. The minimum absolute atomic E-state index is 0.142. The smallest absolute Gasteiger partial charge is 0.107 e. The summed E-state index contributed by atoms with van der Waals surface area (Å²) in [7, 11) is 0. The number of rotatable bonds is 2. The summed E-state index contributed by atoms with van der Waals surface area (Å²) in [6.07, 6.45) is 0. The summed E-state index contributed by atoms with van der Waals surface area (Å²) in [5, 5.41) is 7.81. The Morgan fingerprint density at radius 3 is 2.40 bits per heavy atom. The number of hydrazine groups is 2. The molecule has 0 saturated carbocycles. The summed E-state index contributed by atoms with van der Waals surface area (Å²) in [6.45, 7) is -0.142. The van der Waals surface area contributed by atoms with Gasteiger partial charge in [-0.2, -0.15) is 5.53 Å². The molecule has 0 saturated heterocycles. The molecular weight excluding hydrogens is 70.0 g/mol. The van der Waals surface area contributed by atoms with Crippen molar-refractivity contribution in [2.75, 3.05) is 6.73 Å². The van der Waals surface area contributed by atoms with Crippen LogP contribution in [-0.4, -0.2) is 11.8 Å². The predicted octanol–water partition coefficient (Wildman–Crippen LogP) is -2.10. The van der Waals surface area contributed by atoms with Gasteiger partial charge in [-0.25, -0.2) is 5.43 Å². The highest BCUT2D eigenvalue weighted by Crippen LogP contribution is 1.24. The molecule has 0 atom stereocenters. The second-order valence-electron chi connectivity index (χ2n) is 0.479. The van der Waals surface area contributed by atoms with Crippen molar-refractivity contribution < 1.29 is 5.11 Å². The lowest BCUT2D eigenvalue weighted by molar-refractivity contribution is 0.239. The molecule has 0 aromatic rings. The second kappa shape index (κ2) is 3.84. The lowest BCUT2D eigenvalue weighted by atomic mass is 11.3. The van der Waals surface area contributed by atoms with E-state index in [1.54, 1.807) is 0 Å². The zero-order valence-electron chi connectivity index (χ0n) is 2.73. The van der Waals surface area contributed by atoms with Crippen molar-refractivity contribution in [3.8, 4) is 0 Å². The molecule has 0 aliphatic heterocycles. The van der Waals surface area contributed by atoms with Gasteiger partial charge >= 0.3 is 0 Å². The summed E-state index contributed by atoms with van der Waals surface area (Å²) >= 11 is 0. The summed E-state index contributed by atoms with van der Waals surface area (Å²) in [5.74, 6) is 4.62. The molecule has 5 heavy (non-hydrogen) atoms. The van der Waals surface area contributed by atoms with E-state index in [1.807, 2.05) is 5.53 Å². The molecule has 0 heterocycles. The molecule has 0 spiro atoms. The molecule has 0 aliphatic carbocycles. The molecular formula is CH7N3O. The van der Waals surface area contributed by atoms with Gasteiger partial charge in [0.25, 0.3) is 0 Å². The van der Waals surface area contributed by atoms with Crippen LogP contribution in [0.15, 0.2) is 0 Å². The highest BCUT2D eigenvalue weighted by Gasteiger charge is 1.60. The minimum atomic E-state index is -0.142. The zero-order chi connectivity index (χ0) is 4.12. The van der Waals surface area contributed by atoms with Gasteiger partial charge in [0.15, 0.2) is 0 Å². The van der Waals surface area contributed by atoms with E-state index in [4.69, 9.17) is 5.11 Å². The van der Waals surface area contributed by atoms with Gasteiger partial charge < -0.3 is 5.11 Å². The first kappa shape index (κ1) is 4.84. The summed E-state index contributed by atoms with van der Waals surface area (Å²) < 4.78 is 0. The first-order valence-corrected chi connectivity index (χ1v) is 1.21. The van der Waals surface area contributed by atoms with E-state index in [0.717, 1.165) is 0 Å². The van der Waals surface area contributed by atoms with Crippen LogP contribution in [0.4, 0.5) is 0 Å². The molecule has 0 aromatic carbocycles. The summed E-state index contributed by atoms with van der Waals surface area (Å²) in [6, 6.07) is 0. The summed E-state index contributed by atoms with van der Waals surface area (Å²) in [4.78, 5) is 0. The van der Waals surface area contributed by atoms with Crippen molar-refractivity contribution in [1.82, 2.24) is 11.0 Å². The van der Waals surface area contributed by atoms with Gasteiger partial charge in [-0.05, 0) is 0 Å². The molecule has 0 aromatic heterocycles. The van der Waals surface area contributed by atoms with E-state index in [-0.39, 0.29) is 6.73 Å². The monoisotopic (exact) mass is 77.1 g/mol. The SMILES string of the molecule is NNNCO. The largest absolute Gasteiger partial charge is 0.380 e. The van der Waals surface area contributed by atoms with E-state index in [0.29, 0.717) is 0 Å². The van der Waals surface area contributed by atoms with Crippen LogP contribution >= 0.6 is 0 Å². The molecule has 32 valence electrons. The fourth-order valence-electron chi connectivity index (χ4n) is 0.0456. The molecule has 0 amide bonds. The van der Waals surface area contributed by atoms with Gasteiger partial charge in [0.2, 0.25) is 0 Å². The fourth-order valence-corrected chi connectivity index (χ4v) is 0.0456. The number of aliphatic hydroxyl groups is 1. The van der Waals surface area contributed by atoms with Crippen LogP contribution in [-0.2, 0) is 0 Å². The van der Waals surface area contributed by atoms with Crippen LogP contribution in [0.2, 0.25) is 0 Å². The molecule has 0 unspecified atom stereocenters. The normalized spacial score (nSPS) is 8.40. The third kappa shape index (κ3) is 3.84. The third-order valence-corrected chi connectivity index (χ3v) is 0.181. The average Bonchev–Trinajstić information content (AvgIpc) is 1.41. The van der Waals surface area contributed by atoms with Crippen molar-refractivity contribution in [2.24, 2.45) is 5.84 Å².